The van der Waals surface area contributed by atoms with E-state index in [0.29, 0.717) is 12.8 Å². The van der Waals surface area contributed by atoms with Gasteiger partial charge in [-0.15, -0.1) is 0 Å². The average Bonchev–Trinajstić information content (AvgIpc) is 3.30. The van der Waals surface area contributed by atoms with Crippen LogP contribution in [-0.4, -0.2) is 99.6 Å². The van der Waals surface area contributed by atoms with Crippen molar-refractivity contribution in [3.05, 3.63) is 60.8 Å². The number of hydrogen-bond acceptors (Lipinski definition) is 10. The molecule has 0 aliphatic carbocycles. The van der Waals surface area contributed by atoms with E-state index in [9.17, 15) is 35.1 Å². The van der Waals surface area contributed by atoms with Crippen LogP contribution in [0.1, 0.15) is 207 Å². The molecule has 65 heavy (non-hydrogen) atoms. The van der Waals surface area contributed by atoms with E-state index in [0.717, 1.165) is 96.3 Å². The molecule has 1 heterocycles. The maximum absolute atomic E-state index is 13.3. The van der Waals surface area contributed by atoms with Gasteiger partial charge in [0.05, 0.1) is 25.4 Å². The fourth-order valence-electron chi connectivity index (χ4n) is 7.70. The quantitative estimate of drug-likeness (QED) is 0.0196. The predicted molar refractivity (Wildman–Crippen MR) is 264 cm³/mol. The highest BCUT2D eigenvalue weighted by Crippen LogP contribution is 2.26. The Morgan fingerprint density at radius 3 is 1.72 bits per heavy atom. The summed E-state index contributed by atoms with van der Waals surface area (Å²) in [7, 11) is 0. The molecule has 6 N–H and O–H groups in total. The lowest BCUT2D eigenvalue weighted by Gasteiger charge is -2.41. The SMILES string of the molecule is CC/C=C/C/C=C/C/C=C/CCCCCC(O)C(=O)NC(COC1OC(CO)C(O)C(O)C1OC(=O)CCCCCCC/C=C\CCCC)C(O)/C=C/CCCCCCCCCCCC. The minimum absolute atomic E-state index is 0.108. The van der Waals surface area contributed by atoms with Gasteiger partial charge in [0.15, 0.2) is 12.4 Å². The summed E-state index contributed by atoms with van der Waals surface area (Å²) in [5.74, 6) is -1.23. The van der Waals surface area contributed by atoms with Crippen molar-refractivity contribution in [3.8, 4) is 0 Å². The van der Waals surface area contributed by atoms with E-state index in [1.807, 2.05) is 6.08 Å². The summed E-state index contributed by atoms with van der Waals surface area (Å²) in [5.41, 5.74) is 0. The molecular formula is C54H95NO10. The van der Waals surface area contributed by atoms with Crippen LogP contribution in [0.25, 0.3) is 0 Å². The summed E-state index contributed by atoms with van der Waals surface area (Å²) in [6.07, 6.45) is 39.9. The topological polar surface area (TPSA) is 175 Å². The Balaban J connectivity index is 2.82. The largest absolute Gasteiger partial charge is 0.454 e. The lowest BCUT2D eigenvalue weighted by Crippen LogP contribution is -2.61. The van der Waals surface area contributed by atoms with Crippen LogP contribution in [0.3, 0.4) is 0 Å². The lowest BCUT2D eigenvalue weighted by molar-refractivity contribution is -0.305. The van der Waals surface area contributed by atoms with Crippen molar-refractivity contribution < 1.29 is 49.3 Å². The smallest absolute Gasteiger partial charge is 0.306 e. The molecule has 1 fully saturated rings. The second kappa shape index (κ2) is 42.7. The van der Waals surface area contributed by atoms with Crippen LogP contribution >= 0.6 is 0 Å². The van der Waals surface area contributed by atoms with E-state index in [-0.39, 0.29) is 19.4 Å². The van der Waals surface area contributed by atoms with Crippen LogP contribution in [0.15, 0.2) is 60.8 Å². The van der Waals surface area contributed by atoms with Gasteiger partial charge in [-0.3, -0.25) is 9.59 Å². The Hall–Kier alpha value is -2.64. The number of amides is 1. The van der Waals surface area contributed by atoms with Crippen LogP contribution in [0, 0.1) is 0 Å². The fraction of sp³-hybridized carbons (Fsp3) is 0.778. The number of nitrogens with one attached hydrogen (secondary N) is 1. The molecule has 0 aromatic heterocycles. The van der Waals surface area contributed by atoms with Gasteiger partial charge in [0.1, 0.15) is 24.4 Å². The average molecular weight is 918 g/mol. The third-order valence-electron chi connectivity index (χ3n) is 11.9. The van der Waals surface area contributed by atoms with E-state index in [4.69, 9.17) is 14.2 Å². The van der Waals surface area contributed by atoms with Crippen molar-refractivity contribution in [2.24, 2.45) is 0 Å². The molecule has 1 amide bonds. The first-order chi connectivity index (χ1) is 31.7. The van der Waals surface area contributed by atoms with Gasteiger partial charge in [-0.25, -0.2) is 0 Å². The highest BCUT2D eigenvalue weighted by Gasteiger charge is 2.47. The molecule has 8 unspecified atom stereocenters. The third kappa shape index (κ3) is 31.9. The van der Waals surface area contributed by atoms with E-state index in [2.05, 4.69) is 74.7 Å². The summed E-state index contributed by atoms with van der Waals surface area (Å²) in [6, 6.07) is -1.04. The Bertz CT molecular complexity index is 1280. The van der Waals surface area contributed by atoms with Crippen LogP contribution in [0.4, 0.5) is 0 Å². The second-order valence-electron chi connectivity index (χ2n) is 17.9. The molecule has 1 aliphatic rings. The Morgan fingerprint density at radius 2 is 1.12 bits per heavy atom. The molecule has 0 aromatic carbocycles. The van der Waals surface area contributed by atoms with E-state index in [1.54, 1.807) is 6.08 Å². The Morgan fingerprint density at radius 1 is 0.615 bits per heavy atom. The number of esters is 1. The number of ether oxygens (including phenoxy) is 3. The fourth-order valence-corrected chi connectivity index (χ4v) is 7.70. The van der Waals surface area contributed by atoms with Gasteiger partial charge in [-0.05, 0) is 77.0 Å². The van der Waals surface area contributed by atoms with E-state index in [1.165, 1.54) is 64.2 Å². The van der Waals surface area contributed by atoms with Gasteiger partial charge in [-0.2, -0.15) is 0 Å². The van der Waals surface area contributed by atoms with Crippen molar-refractivity contribution in [2.75, 3.05) is 13.2 Å². The first-order valence-electron chi connectivity index (χ1n) is 26.1. The minimum Gasteiger partial charge on any atom is -0.454 e. The minimum atomic E-state index is -1.62. The summed E-state index contributed by atoms with van der Waals surface area (Å²) >= 11 is 0. The summed E-state index contributed by atoms with van der Waals surface area (Å²) in [4.78, 5) is 26.3. The molecule has 1 saturated heterocycles. The molecule has 376 valence electrons. The number of aliphatic hydroxyl groups is 5. The number of rotatable bonds is 42. The standard InChI is InChI=1S/C54H95NO10/c1-4-7-10-13-16-19-22-24-27-29-32-35-38-41-47(58)53(62)55-45(46(57)40-37-34-31-28-26-23-20-17-14-11-8-5-2)44-63-54-52(51(61)50(60)48(43-56)64-54)65-49(59)42-39-36-33-30-25-21-18-15-12-9-6-3/h7,10,15-16,18-19,24,27,37,40,45-48,50-52,54,56-58,60-61H,4-6,8-9,11-14,17,20-23,25-26,28-36,38-39,41-44H2,1-3H3,(H,55,62)/b10-7+,18-15-,19-16+,27-24+,40-37+. The Kier molecular flexibility index (Phi) is 39.7. The molecule has 0 saturated carbocycles. The zero-order chi connectivity index (χ0) is 47.6. The summed E-state index contributed by atoms with van der Waals surface area (Å²) < 4.78 is 17.5. The first-order valence-corrected chi connectivity index (χ1v) is 26.1. The molecule has 11 heteroatoms. The maximum Gasteiger partial charge on any atom is 0.306 e. The monoisotopic (exact) mass is 918 g/mol. The second-order valence-corrected chi connectivity index (χ2v) is 17.9. The molecule has 1 aliphatic heterocycles. The van der Waals surface area contributed by atoms with Crippen molar-refractivity contribution in [1.29, 1.82) is 0 Å². The van der Waals surface area contributed by atoms with Crippen LogP contribution in [0.5, 0.6) is 0 Å². The van der Waals surface area contributed by atoms with Gasteiger partial charge in [-0.1, -0.05) is 184 Å². The van der Waals surface area contributed by atoms with Gasteiger partial charge in [0, 0.05) is 6.42 Å². The van der Waals surface area contributed by atoms with Gasteiger partial charge in [0.2, 0.25) is 5.91 Å². The van der Waals surface area contributed by atoms with Crippen LogP contribution in [0.2, 0.25) is 0 Å². The van der Waals surface area contributed by atoms with E-state index >= 15 is 0 Å². The number of hydrogen-bond donors (Lipinski definition) is 6. The van der Waals surface area contributed by atoms with Gasteiger partial charge < -0.3 is 45.1 Å². The van der Waals surface area contributed by atoms with Crippen molar-refractivity contribution in [3.63, 3.8) is 0 Å². The number of aliphatic hydroxyl groups excluding tert-OH is 5. The molecule has 1 rings (SSSR count). The van der Waals surface area contributed by atoms with Crippen LogP contribution in [-0.2, 0) is 23.8 Å². The first kappa shape index (κ1) is 60.4. The predicted octanol–water partition coefficient (Wildman–Crippen LogP) is 10.7. The molecule has 0 bridgehead atoms. The van der Waals surface area contributed by atoms with Crippen molar-refractivity contribution >= 4 is 11.9 Å². The van der Waals surface area contributed by atoms with Crippen LogP contribution < -0.4 is 5.32 Å². The lowest BCUT2D eigenvalue weighted by atomic mass is 9.99. The van der Waals surface area contributed by atoms with Gasteiger partial charge in [0.25, 0.3) is 0 Å². The highest BCUT2D eigenvalue weighted by molar-refractivity contribution is 5.80. The highest BCUT2D eigenvalue weighted by atomic mass is 16.7. The normalized spacial score (nSPS) is 20.8. The molecule has 8 atom stereocenters. The molecule has 0 aromatic rings. The number of allylic oxidation sites excluding steroid dienone is 9. The zero-order valence-corrected chi connectivity index (χ0v) is 41.1. The number of carbonyl (C=O) groups excluding carboxylic acids is 2. The van der Waals surface area contributed by atoms with Crippen molar-refractivity contribution in [2.45, 2.75) is 256 Å². The van der Waals surface area contributed by atoms with Crippen molar-refractivity contribution in [1.82, 2.24) is 5.32 Å². The summed E-state index contributed by atoms with van der Waals surface area (Å²) in [6.45, 7) is 5.57. The molecule has 0 radical (unpaired) electrons. The molecular weight excluding hydrogens is 823 g/mol. The molecule has 11 nitrogen and oxygen atoms in total. The zero-order valence-electron chi connectivity index (χ0n) is 41.1. The number of unbranched alkanes of at least 4 members (excludes halogenated alkanes) is 20. The van der Waals surface area contributed by atoms with Gasteiger partial charge >= 0.3 is 5.97 Å². The van der Waals surface area contributed by atoms with E-state index < -0.39 is 67.4 Å². The Labute approximate surface area is 395 Å². The number of carbonyl (C=O) groups is 2. The summed E-state index contributed by atoms with van der Waals surface area (Å²) in [5, 5.41) is 56.5. The third-order valence-corrected chi connectivity index (χ3v) is 11.9. The molecule has 0 spiro atoms. The maximum atomic E-state index is 13.3.